The molecule has 0 saturated carbocycles. The molecule has 0 unspecified atom stereocenters. The van der Waals surface area contributed by atoms with Crippen LogP contribution in [-0.4, -0.2) is 21.7 Å². The van der Waals surface area contributed by atoms with Gasteiger partial charge in [0.15, 0.2) is 0 Å². The molecule has 7 nitrogen and oxygen atoms in total. The van der Waals surface area contributed by atoms with Crippen molar-refractivity contribution in [3.8, 4) is 0 Å². The Balaban J connectivity index is 1.62. The summed E-state index contributed by atoms with van der Waals surface area (Å²) in [4.78, 5) is 50.2. The van der Waals surface area contributed by atoms with E-state index in [9.17, 15) is 19.2 Å². The van der Waals surface area contributed by atoms with Crippen LogP contribution >= 0.6 is 11.6 Å². The third kappa shape index (κ3) is 3.93. The quantitative estimate of drug-likeness (QED) is 0.461. The number of hydrogen-bond acceptors (Lipinski definition) is 6. The fourth-order valence-electron chi connectivity index (χ4n) is 5.12. The normalized spacial score (nSPS) is 23.1. The number of carbonyl (C=O) groups is 3. The minimum Gasteiger partial charge on any atom is -0.457 e. The Morgan fingerprint density at radius 3 is 2.77 bits per heavy atom. The standard InChI is InChI=1S/C27H24ClNO6/c1-2-27(35-24(31)11-10-23(28)30)21-13-22-19-9-5-8-16-6-3-4-7-17(16)12-18(19)14-29(22)25(32)20(21)15-34-26(27)33/h3-4,6-7,9,12-13H,2,5,8,10-11,14-15H2,1H3/b18-12-,19-9+/t27-/m0/s1. The second-order valence-corrected chi connectivity index (χ2v) is 9.35. The Labute approximate surface area is 207 Å². The first-order chi connectivity index (χ1) is 16.8. The highest BCUT2D eigenvalue weighted by molar-refractivity contribution is 6.63. The Hall–Kier alpha value is -3.45. The largest absolute Gasteiger partial charge is 0.457 e. The maximum absolute atomic E-state index is 13.6. The van der Waals surface area contributed by atoms with Crippen LogP contribution in [0.5, 0.6) is 0 Å². The molecule has 35 heavy (non-hydrogen) atoms. The number of allylic oxidation sites excluding steroid dienone is 3. The fraction of sp³-hybridized carbons (Fsp3) is 0.333. The predicted octanol–water partition coefficient (Wildman–Crippen LogP) is 4.03. The van der Waals surface area contributed by atoms with Crippen LogP contribution in [0.25, 0.3) is 11.6 Å². The molecule has 1 aromatic heterocycles. The lowest BCUT2D eigenvalue weighted by Gasteiger charge is -2.35. The number of aromatic nitrogens is 1. The minimum atomic E-state index is -1.75. The van der Waals surface area contributed by atoms with Gasteiger partial charge in [-0.05, 0) is 65.3 Å². The van der Waals surface area contributed by atoms with E-state index in [0.717, 1.165) is 29.6 Å². The van der Waals surface area contributed by atoms with E-state index in [1.165, 1.54) is 5.56 Å². The first-order valence-electron chi connectivity index (χ1n) is 11.7. The van der Waals surface area contributed by atoms with Gasteiger partial charge >= 0.3 is 11.9 Å². The number of ether oxygens (including phenoxy) is 2. The molecule has 0 spiro atoms. The first-order valence-corrected chi connectivity index (χ1v) is 12.1. The molecule has 0 saturated heterocycles. The zero-order valence-electron chi connectivity index (χ0n) is 19.3. The van der Waals surface area contributed by atoms with E-state index in [1.807, 2.05) is 12.1 Å². The SMILES string of the molecule is CC[C@@]1(OC(=O)CCC(=O)Cl)C(=O)OCc2c1cc1n(c2=O)CC2=C/c3ccccc3CC/C=C\21. The lowest BCUT2D eigenvalue weighted by Crippen LogP contribution is -2.47. The molecule has 5 rings (SSSR count). The number of halogens is 1. The van der Waals surface area contributed by atoms with Crippen LogP contribution in [0, 0.1) is 0 Å². The van der Waals surface area contributed by atoms with E-state index in [2.05, 4.69) is 24.3 Å². The molecular formula is C27H24ClNO6. The predicted molar refractivity (Wildman–Crippen MR) is 129 cm³/mol. The molecule has 1 aromatic carbocycles. The summed E-state index contributed by atoms with van der Waals surface area (Å²) in [5, 5.41) is -0.674. The molecule has 2 aliphatic heterocycles. The van der Waals surface area contributed by atoms with Crippen molar-refractivity contribution in [1.82, 2.24) is 4.57 Å². The van der Waals surface area contributed by atoms with Crippen LogP contribution in [0.3, 0.4) is 0 Å². The average molecular weight is 494 g/mol. The molecule has 1 aliphatic carbocycles. The maximum atomic E-state index is 13.6. The summed E-state index contributed by atoms with van der Waals surface area (Å²) in [5.74, 6) is -1.48. The summed E-state index contributed by atoms with van der Waals surface area (Å²) in [6.45, 7) is 1.92. The number of cyclic esters (lactones) is 1. The van der Waals surface area contributed by atoms with E-state index >= 15 is 0 Å². The van der Waals surface area contributed by atoms with Gasteiger partial charge in [0.1, 0.15) is 6.61 Å². The van der Waals surface area contributed by atoms with Crippen molar-refractivity contribution in [1.29, 1.82) is 0 Å². The second-order valence-electron chi connectivity index (χ2n) is 8.92. The fourth-order valence-corrected chi connectivity index (χ4v) is 5.22. The smallest absolute Gasteiger partial charge is 0.355 e. The third-order valence-electron chi connectivity index (χ3n) is 6.92. The summed E-state index contributed by atoms with van der Waals surface area (Å²) in [5.41, 5.74) is 3.67. The van der Waals surface area contributed by atoms with Gasteiger partial charge in [0.2, 0.25) is 10.8 Å². The Bertz CT molecular complexity index is 1380. The highest BCUT2D eigenvalue weighted by Gasteiger charge is 2.50. The molecule has 2 aromatic rings. The van der Waals surface area contributed by atoms with Crippen molar-refractivity contribution in [2.75, 3.05) is 0 Å². The molecular weight excluding hydrogens is 470 g/mol. The monoisotopic (exact) mass is 493 g/mol. The molecule has 3 heterocycles. The second kappa shape index (κ2) is 8.96. The highest BCUT2D eigenvalue weighted by atomic mass is 35.5. The molecule has 0 fully saturated rings. The average Bonchev–Trinajstić information content (AvgIpc) is 3.16. The zero-order chi connectivity index (χ0) is 24.7. The van der Waals surface area contributed by atoms with Crippen LogP contribution in [0.15, 0.2) is 46.8 Å². The molecule has 180 valence electrons. The summed E-state index contributed by atoms with van der Waals surface area (Å²) in [7, 11) is 0. The van der Waals surface area contributed by atoms with Crippen molar-refractivity contribution in [3.05, 3.63) is 80.3 Å². The number of nitrogens with zero attached hydrogens (tertiary/aromatic N) is 1. The van der Waals surface area contributed by atoms with Crippen molar-refractivity contribution >= 4 is 40.4 Å². The van der Waals surface area contributed by atoms with Crippen molar-refractivity contribution < 1.29 is 23.9 Å². The number of esters is 2. The highest BCUT2D eigenvalue weighted by Crippen LogP contribution is 2.42. The summed E-state index contributed by atoms with van der Waals surface area (Å²) >= 11 is 5.36. The van der Waals surface area contributed by atoms with Crippen molar-refractivity contribution in [2.45, 2.75) is 57.8 Å². The minimum absolute atomic E-state index is 0.0808. The number of hydrogen-bond donors (Lipinski definition) is 0. The molecule has 1 atom stereocenters. The zero-order valence-corrected chi connectivity index (χ0v) is 20.0. The first kappa shape index (κ1) is 23.3. The van der Waals surface area contributed by atoms with Crippen molar-refractivity contribution in [2.24, 2.45) is 0 Å². The van der Waals surface area contributed by atoms with E-state index in [0.29, 0.717) is 23.4 Å². The van der Waals surface area contributed by atoms with E-state index in [4.69, 9.17) is 21.1 Å². The summed E-state index contributed by atoms with van der Waals surface area (Å²) < 4.78 is 12.7. The van der Waals surface area contributed by atoms with Gasteiger partial charge in [-0.2, -0.15) is 0 Å². The number of rotatable bonds is 5. The number of aryl methyl sites for hydroxylation is 1. The van der Waals surface area contributed by atoms with Gasteiger partial charge in [0.05, 0.1) is 24.2 Å². The molecule has 8 heteroatoms. The van der Waals surface area contributed by atoms with Crippen LogP contribution in [0.4, 0.5) is 0 Å². The summed E-state index contributed by atoms with van der Waals surface area (Å²) in [6, 6.07) is 10.0. The van der Waals surface area contributed by atoms with Gasteiger partial charge in [-0.3, -0.25) is 14.4 Å². The van der Waals surface area contributed by atoms with Crippen LogP contribution in [0.2, 0.25) is 0 Å². The number of pyridine rings is 1. The molecule has 0 radical (unpaired) electrons. The van der Waals surface area contributed by atoms with E-state index in [1.54, 1.807) is 17.6 Å². The molecule has 0 bridgehead atoms. The lowest BCUT2D eigenvalue weighted by atomic mass is 9.85. The van der Waals surface area contributed by atoms with Gasteiger partial charge in [0.25, 0.3) is 5.56 Å². The molecule has 0 amide bonds. The van der Waals surface area contributed by atoms with Gasteiger partial charge in [-0.15, -0.1) is 0 Å². The Kier molecular flexibility index (Phi) is 5.97. The third-order valence-corrected chi connectivity index (χ3v) is 7.11. The van der Waals surface area contributed by atoms with Crippen LogP contribution < -0.4 is 5.56 Å². The van der Waals surface area contributed by atoms with Gasteiger partial charge < -0.3 is 14.0 Å². The van der Waals surface area contributed by atoms with Crippen LogP contribution in [-0.2, 0) is 49.0 Å². The number of fused-ring (bicyclic) bond motifs is 5. The van der Waals surface area contributed by atoms with Crippen LogP contribution in [0.1, 0.15) is 60.6 Å². The van der Waals surface area contributed by atoms with E-state index < -0.39 is 22.8 Å². The molecule has 0 N–H and O–H groups in total. The Morgan fingerprint density at radius 2 is 2.00 bits per heavy atom. The van der Waals surface area contributed by atoms with E-state index in [-0.39, 0.29) is 31.4 Å². The number of carbonyl (C=O) groups excluding carboxylic acids is 3. The lowest BCUT2D eigenvalue weighted by molar-refractivity contribution is -0.189. The van der Waals surface area contributed by atoms with Gasteiger partial charge in [-0.25, -0.2) is 4.79 Å². The van der Waals surface area contributed by atoms with Crippen molar-refractivity contribution in [3.63, 3.8) is 0 Å². The Morgan fingerprint density at radius 1 is 1.20 bits per heavy atom. The van der Waals surface area contributed by atoms with Gasteiger partial charge in [-0.1, -0.05) is 37.3 Å². The number of benzene rings is 1. The topological polar surface area (TPSA) is 91.7 Å². The maximum Gasteiger partial charge on any atom is 0.355 e. The van der Waals surface area contributed by atoms with Gasteiger partial charge in [0, 0.05) is 12.0 Å². The molecule has 3 aliphatic rings. The summed E-state index contributed by atoms with van der Waals surface area (Å²) in [6.07, 6.45) is 5.52.